The van der Waals surface area contributed by atoms with Gasteiger partial charge in [-0.2, -0.15) is 0 Å². The van der Waals surface area contributed by atoms with E-state index in [4.69, 9.17) is 5.73 Å². The molecule has 1 aromatic carbocycles. The van der Waals surface area contributed by atoms with Crippen LogP contribution in [0.1, 0.15) is 23.7 Å². The molecule has 0 aliphatic carbocycles. The van der Waals surface area contributed by atoms with Crippen molar-refractivity contribution in [2.24, 2.45) is 11.7 Å². The van der Waals surface area contributed by atoms with Crippen molar-refractivity contribution in [2.75, 3.05) is 17.6 Å². The van der Waals surface area contributed by atoms with Crippen LogP contribution in [0.2, 0.25) is 0 Å². The molecule has 0 spiro atoms. The predicted molar refractivity (Wildman–Crippen MR) is 73.0 cm³/mol. The Balaban J connectivity index is 2.28. The summed E-state index contributed by atoms with van der Waals surface area (Å²) in [6.45, 7) is 2.30. The number of fused-ring (bicyclic) bond motifs is 1. The zero-order valence-electron chi connectivity index (χ0n) is 10.2. The van der Waals surface area contributed by atoms with Crippen molar-refractivity contribution in [1.29, 1.82) is 0 Å². The Morgan fingerprint density at radius 2 is 2.33 bits per heavy atom. The van der Waals surface area contributed by atoms with Crippen LogP contribution in [0.3, 0.4) is 0 Å². The second-order valence-corrected chi connectivity index (χ2v) is 5.27. The molecule has 2 rings (SSSR count). The Labute approximate surface area is 110 Å². The monoisotopic (exact) mass is 264 g/mol. The molecule has 1 heterocycles. The SMILES string of the molecule is CCC(CN)C(=O)c1ccc2c(c1)NC(=O)CS2. The number of carbonyl (C=O) groups is 2. The summed E-state index contributed by atoms with van der Waals surface area (Å²) in [5, 5.41) is 2.79. The van der Waals surface area contributed by atoms with Gasteiger partial charge in [-0.3, -0.25) is 9.59 Å². The van der Waals surface area contributed by atoms with E-state index in [0.717, 1.165) is 17.0 Å². The van der Waals surface area contributed by atoms with E-state index in [1.165, 1.54) is 11.8 Å². The number of amides is 1. The number of thioether (sulfide) groups is 1. The number of hydrogen-bond donors (Lipinski definition) is 2. The van der Waals surface area contributed by atoms with E-state index < -0.39 is 0 Å². The summed E-state index contributed by atoms with van der Waals surface area (Å²) in [5.41, 5.74) is 6.94. The molecule has 4 nitrogen and oxygen atoms in total. The van der Waals surface area contributed by atoms with Crippen LogP contribution >= 0.6 is 11.8 Å². The van der Waals surface area contributed by atoms with E-state index in [1.54, 1.807) is 6.07 Å². The summed E-state index contributed by atoms with van der Waals surface area (Å²) in [6.07, 6.45) is 0.730. The molecule has 96 valence electrons. The van der Waals surface area contributed by atoms with Gasteiger partial charge in [0.2, 0.25) is 5.91 Å². The number of nitrogens with one attached hydrogen (secondary N) is 1. The minimum Gasteiger partial charge on any atom is -0.330 e. The Bertz CT molecular complexity index is 484. The highest BCUT2D eigenvalue weighted by Crippen LogP contribution is 2.32. The van der Waals surface area contributed by atoms with E-state index in [-0.39, 0.29) is 17.6 Å². The molecular weight excluding hydrogens is 248 g/mol. The predicted octanol–water partition coefficient (Wildman–Crippen LogP) is 1.90. The lowest BCUT2D eigenvalue weighted by molar-refractivity contribution is -0.113. The summed E-state index contributed by atoms with van der Waals surface area (Å²) in [6, 6.07) is 5.44. The van der Waals surface area contributed by atoms with E-state index in [9.17, 15) is 9.59 Å². The van der Waals surface area contributed by atoms with Gasteiger partial charge < -0.3 is 11.1 Å². The molecule has 0 aromatic heterocycles. The smallest absolute Gasteiger partial charge is 0.234 e. The van der Waals surface area contributed by atoms with Crippen molar-refractivity contribution in [3.63, 3.8) is 0 Å². The molecule has 0 saturated carbocycles. The van der Waals surface area contributed by atoms with E-state index >= 15 is 0 Å². The molecule has 0 bridgehead atoms. The molecule has 0 radical (unpaired) electrons. The zero-order chi connectivity index (χ0) is 13.1. The topological polar surface area (TPSA) is 72.2 Å². The highest BCUT2D eigenvalue weighted by molar-refractivity contribution is 8.00. The number of rotatable bonds is 4. The minimum absolute atomic E-state index is 0.0250. The molecule has 0 fully saturated rings. The maximum Gasteiger partial charge on any atom is 0.234 e. The van der Waals surface area contributed by atoms with Gasteiger partial charge in [-0.1, -0.05) is 13.0 Å². The number of anilines is 1. The fourth-order valence-electron chi connectivity index (χ4n) is 1.93. The largest absolute Gasteiger partial charge is 0.330 e. The summed E-state index contributed by atoms with van der Waals surface area (Å²) >= 11 is 1.49. The zero-order valence-corrected chi connectivity index (χ0v) is 11.0. The first-order valence-corrected chi connectivity index (χ1v) is 6.95. The van der Waals surface area contributed by atoms with Gasteiger partial charge in [0.25, 0.3) is 0 Å². The Morgan fingerprint density at radius 1 is 1.56 bits per heavy atom. The van der Waals surface area contributed by atoms with Crippen LogP contribution in [0.4, 0.5) is 5.69 Å². The highest BCUT2D eigenvalue weighted by Gasteiger charge is 2.20. The third-order valence-electron chi connectivity index (χ3n) is 3.05. The van der Waals surface area contributed by atoms with E-state index in [2.05, 4.69) is 5.32 Å². The first-order valence-electron chi connectivity index (χ1n) is 5.96. The van der Waals surface area contributed by atoms with Crippen molar-refractivity contribution in [3.05, 3.63) is 23.8 Å². The first-order chi connectivity index (χ1) is 8.65. The lowest BCUT2D eigenvalue weighted by Gasteiger charge is -2.18. The molecule has 5 heteroatoms. The van der Waals surface area contributed by atoms with Crippen LogP contribution in [0.15, 0.2) is 23.1 Å². The molecule has 3 N–H and O–H groups in total. The van der Waals surface area contributed by atoms with Crippen LogP contribution in [-0.4, -0.2) is 24.0 Å². The quantitative estimate of drug-likeness (QED) is 0.815. The van der Waals surface area contributed by atoms with Crippen LogP contribution in [0.25, 0.3) is 0 Å². The summed E-state index contributed by atoms with van der Waals surface area (Å²) in [5.74, 6) is 0.311. The third-order valence-corrected chi connectivity index (χ3v) is 4.12. The number of hydrogen-bond acceptors (Lipinski definition) is 4. The van der Waals surface area contributed by atoms with Gasteiger partial charge in [-0.05, 0) is 18.6 Å². The molecule has 1 aromatic rings. The van der Waals surface area contributed by atoms with Gasteiger partial charge in [0.15, 0.2) is 5.78 Å². The summed E-state index contributed by atoms with van der Waals surface area (Å²) in [4.78, 5) is 24.5. The molecule has 1 unspecified atom stereocenters. The summed E-state index contributed by atoms with van der Waals surface area (Å²) < 4.78 is 0. The molecule has 1 aliphatic rings. The normalized spacial score (nSPS) is 15.8. The van der Waals surface area contributed by atoms with Crippen LogP contribution in [0.5, 0.6) is 0 Å². The number of Topliss-reactive ketones (excluding diaryl/α,β-unsaturated/α-hetero) is 1. The highest BCUT2D eigenvalue weighted by atomic mass is 32.2. The van der Waals surface area contributed by atoms with Gasteiger partial charge in [-0.25, -0.2) is 0 Å². The van der Waals surface area contributed by atoms with Gasteiger partial charge in [-0.15, -0.1) is 11.8 Å². The maximum absolute atomic E-state index is 12.2. The van der Waals surface area contributed by atoms with E-state index in [0.29, 0.717) is 17.9 Å². The van der Waals surface area contributed by atoms with Crippen molar-refractivity contribution < 1.29 is 9.59 Å². The second-order valence-electron chi connectivity index (χ2n) is 4.25. The number of benzene rings is 1. The molecule has 1 amide bonds. The van der Waals surface area contributed by atoms with Crippen molar-refractivity contribution in [3.8, 4) is 0 Å². The second kappa shape index (κ2) is 5.54. The van der Waals surface area contributed by atoms with Gasteiger partial charge >= 0.3 is 0 Å². The van der Waals surface area contributed by atoms with Crippen LogP contribution < -0.4 is 11.1 Å². The van der Waals surface area contributed by atoms with E-state index in [1.807, 2.05) is 19.1 Å². The first kappa shape index (κ1) is 13.1. The number of ketones is 1. The maximum atomic E-state index is 12.2. The van der Waals surface area contributed by atoms with Gasteiger partial charge in [0, 0.05) is 22.9 Å². The molecule has 0 saturated heterocycles. The Kier molecular flexibility index (Phi) is 4.04. The van der Waals surface area contributed by atoms with Crippen LogP contribution in [-0.2, 0) is 4.79 Å². The Morgan fingerprint density at radius 3 is 3.00 bits per heavy atom. The van der Waals surface area contributed by atoms with Gasteiger partial charge in [0.05, 0.1) is 11.4 Å². The van der Waals surface area contributed by atoms with Gasteiger partial charge in [0.1, 0.15) is 0 Å². The molecule has 1 aliphatic heterocycles. The number of nitrogens with two attached hydrogens (primary N) is 1. The Hall–Kier alpha value is -1.33. The lowest BCUT2D eigenvalue weighted by Crippen LogP contribution is -2.24. The fraction of sp³-hybridized carbons (Fsp3) is 0.385. The molecule has 18 heavy (non-hydrogen) atoms. The fourth-order valence-corrected chi connectivity index (χ4v) is 2.72. The van der Waals surface area contributed by atoms with Crippen molar-refractivity contribution in [1.82, 2.24) is 0 Å². The van der Waals surface area contributed by atoms with Crippen molar-refractivity contribution >= 4 is 29.1 Å². The average Bonchev–Trinajstić information content (AvgIpc) is 2.39. The third kappa shape index (κ3) is 2.57. The molecule has 1 atom stereocenters. The minimum atomic E-state index is -0.144. The summed E-state index contributed by atoms with van der Waals surface area (Å²) in [7, 11) is 0. The average molecular weight is 264 g/mol. The van der Waals surface area contributed by atoms with Crippen molar-refractivity contribution in [2.45, 2.75) is 18.2 Å². The lowest BCUT2D eigenvalue weighted by atomic mass is 9.95. The molecular formula is C13H16N2O2S. The number of carbonyl (C=O) groups excluding carboxylic acids is 2. The standard InChI is InChI=1S/C13H16N2O2S/c1-2-8(6-14)13(17)9-3-4-11-10(5-9)15-12(16)7-18-11/h3-5,8H,2,6-7,14H2,1H3,(H,15,16). The van der Waals surface area contributed by atoms with Crippen LogP contribution in [0, 0.1) is 5.92 Å².